The van der Waals surface area contributed by atoms with Crippen molar-refractivity contribution in [2.45, 2.75) is 45.4 Å². The summed E-state index contributed by atoms with van der Waals surface area (Å²) in [4.78, 5) is 0. The van der Waals surface area contributed by atoms with Gasteiger partial charge in [0.1, 0.15) is 0 Å². The molecule has 1 heterocycles. The molecule has 0 aliphatic heterocycles. The van der Waals surface area contributed by atoms with Gasteiger partial charge >= 0.3 is 0 Å². The van der Waals surface area contributed by atoms with Crippen LogP contribution in [-0.2, 0) is 10.8 Å². The van der Waals surface area contributed by atoms with Gasteiger partial charge < -0.3 is 9.88 Å². The van der Waals surface area contributed by atoms with E-state index in [2.05, 4.69) is 233 Å². The fourth-order valence-electron chi connectivity index (χ4n) is 9.24. The van der Waals surface area contributed by atoms with Crippen LogP contribution in [0, 0.1) is 0 Å². The van der Waals surface area contributed by atoms with Crippen molar-refractivity contribution in [1.29, 1.82) is 0 Å². The molecule has 0 saturated carbocycles. The Labute approximate surface area is 347 Å². The zero-order valence-electron chi connectivity index (χ0n) is 34.4. The van der Waals surface area contributed by atoms with Crippen LogP contribution in [0.2, 0.25) is 0 Å². The quantitative estimate of drug-likeness (QED) is 0.160. The smallest absolute Gasteiger partial charge is 0.0547 e. The van der Waals surface area contributed by atoms with Crippen LogP contribution in [0.5, 0.6) is 0 Å². The molecule has 2 nitrogen and oxygen atoms in total. The molecule has 0 spiro atoms. The minimum atomic E-state index is -0.184. The van der Waals surface area contributed by atoms with E-state index < -0.39 is 0 Å². The van der Waals surface area contributed by atoms with Crippen molar-refractivity contribution in [2.75, 3.05) is 5.32 Å². The van der Waals surface area contributed by atoms with Gasteiger partial charge in [-0.15, -0.1) is 0 Å². The monoisotopic (exact) mass is 760 g/mol. The third-order valence-corrected chi connectivity index (χ3v) is 12.4. The first-order valence-electron chi connectivity index (χ1n) is 20.8. The predicted octanol–water partition coefficient (Wildman–Crippen LogP) is 15.4. The fourth-order valence-corrected chi connectivity index (χ4v) is 9.24. The molecule has 0 saturated heterocycles. The predicted molar refractivity (Wildman–Crippen MR) is 255 cm³/mol. The number of nitrogens with one attached hydrogen (secondary N) is 1. The molecular formula is C57H48N2. The molecular weight excluding hydrogens is 713 g/mol. The molecule has 1 aliphatic rings. The van der Waals surface area contributed by atoms with E-state index in [-0.39, 0.29) is 10.8 Å². The summed E-state index contributed by atoms with van der Waals surface area (Å²) >= 11 is 0. The van der Waals surface area contributed by atoms with Crippen LogP contribution in [0.4, 0.5) is 5.69 Å². The van der Waals surface area contributed by atoms with Gasteiger partial charge in [0.15, 0.2) is 0 Å². The molecule has 2 heteroatoms. The van der Waals surface area contributed by atoms with Crippen molar-refractivity contribution in [3.63, 3.8) is 0 Å². The zero-order chi connectivity index (χ0) is 40.3. The number of aromatic nitrogens is 1. The molecule has 9 aromatic rings. The molecule has 0 atom stereocenters. The second kappa shape index (κ2) is 14.2. The Kier molecular flexibility index (Phi) is 8.76. The number of nitrogens with zero attached hydrogens (tertiary/aromatic N) is 1. The van der Waals surface area contributed by atoms with Crippen LogP contribution in [0.3, 0.4) is 0 Å². The lowest BCUT2D eigenvalue weighted by Gasteiger charge is -2.23. The normalized spacial score (nSPS) is 13.9. The van der Waals surface area contributed by atoms with Gasteiger partial charge in [-0.25, -0.2) is 0 Å². The summed E-state index contributed by atoms with van der Waals surface area (Å²) < 4.78 is 2.48. The van der Waals surface area contributed by atoms with Crippen LogP contribution in [-0.4, -0.2) is 4.57 Å². The maximum absolute atomic E-state index is 3.59. The van der Waals surface area contributed by atoms with Crippen molar-refractivity contribution in [2.24, 2.45) is 0 Å². The second-order valence-electron chi connectivity index (χ2n) is 17.5. The van der Waals surface area contributed by atoms with E-state index in [4.69, 9.17) is 0 Å². The van der Waals surface area contributed by atoms with Gasteiger partial charge in [0.25, 0.3) is 0 Å². The van der Waals surface area contributed by atoms with Gasteiger partial charge in [-0.1, -0.05) is 180 Å². The van der Waals surface area contributed by atoms with E-state index in [9.17, 15) is 0 Å². The van der Waals surface area contributed by atoms with Crippen molar-refractivity contribution in [1.82, 2.24) is 4.57 Å². The average molecular weight is 761 g/mol. The standard InChI is InChI=1S/C57H48N2/c1-56(2,3)43-27-22-38(23-28-43)21-24-40(39-14-7-6-8-15-39)18-13-35-58-44-29-31-48-49-32-30-45(37-51(49)57(4,5)50(48)36-44)59-52-33-25-41-16-9-11-19-46(41)54(52)55-47-20-12-10-17-42(47)26-34-53(55)59/h6-37,58H,1-5H3/b24-21-,35-13+,40-18+. The minimum Gasteiger partial charge on any atom is -0.362 e. The highest BCUT2D eigenvalue weighted by molar-refractivity contribution is 6.28. The maximum atomic E-state index is 3.59. The van der Waals surface area contributed by atoms with Gasteiger partial charge in [0.05, 0.1) is 11.0 Å². The van der Waals surface area contributed by atoms with E-state index in [1.54, 1.807) is 0 Å². The Balaban J connectivity index is 0.968. The van der Waals surface area contributed by atoms with Crippen molar-refractivity contribution < 1.29 is 0 Å². The second-order valence-corrected chi connectivity index (χ2v) is 17.5. The summed E-state index contributed by atoms with van der Waals surface area (Å²) in [6.07, 6.45) is 10.7. The minimum absolute atomic E-state index is 0.137. The molecule has 0 unspecified atom stereocenters. The third-order valence-electron chi connectivity index (χ3n) is 12.4. The molecule has 0 bridgehead atoms. The van der Waals surface area contributed by atoms with Crippen LogP contribution in [0.25, 0.3) is 71.8 Å². The maximum Gasteiger partial charge on any atom is 0.0547 e. The Morgan fingerprint density at radius 1 is 0.593 bits per heavy atom. The molecule has 0 fully saturated rings. The van der Waals surface area contributed by atoms with Crippen LogP contribution in [0.15, 0.2) is 188 Å². The van der Waals surface area contributed by atoms with E-state index in [1.807, 2.05) is 6.20 Å². The molecule has 0 radical (unpaired) electrons. The molecule has 1 N–H and O–H groups in total. The molecule has 59 heavy (non-hydrogen) atoms. The first-order chi connectivity index (χ1) is 28.6. The number of anilines is 1. The van der Waals surface area contributed by atoms with Crippen molar-refractivity contribution >= 4 is 60.7 Å². The van der Waals surface area contributed by atoms with E-state index in [0.29, 0.717) is 0 Å². The van der Waals surface area contributed by atoms with Gasteiger partial charge in [-0.2, -0.15) is 0 Å². The highest BCUT2D eigenvalue weighted by Gasteiger charge is 2.36. The lowest BCUT2D eigenvalue weighted by molar-refractivity contribution is 0.590. The number of allylic oxidation sites excluding steroid dienone is 4. The van der Waals surface area contributed by atoms with E-state index >= 15 is 0 Å². The highest BCUT2D eigenvalue weighted by atomic mass is 15.0. The molecule has 286 valence electrons. The lowest BCUT2D eigenvalue weighted by atomic mass is 9.82. The number of benzene rings is 8. The largest absolute Gasteiger partial charge is 0.362 e. The molecule has 1 aromatic heterocycles. The highest BCUT2D eigenvalue weighted by Crippen LogP contribution is 2.51. The fraction of sp³-hybridized carbons (Fsp3) is 0.123. The molecule has 8 aromatic carbocycles. The summed E-state index contributed by atoms with van der Waals surface area (Å²) in [5.41, 5.74) is 14.8. The Hall–Kier alpha value is -6.90. The van der Waals surface area contributed by atoms with Gasteiger partial charge in [-0.05, 0) is 114 Å². The Morgan fingerprint density at radius 2 is 1.19 bits per heavy atom. The Bertz CT molecular complexity index is 3070. The summed E-state index contributed by atoms with van der Waals surface area (Å²) in [7, 11) is 0. The SMILES string of the molecule is CC(C)(C)c1ccc(\C=C/C(=C\C=C\Nc2ccc3c(c2)C(C)(C)c2cc(-n4c5ccc6ccccc6c5c5c6ccccc6ccc54)ccc2-3)c2ccccc2)cc1. The number of hydrogen-bond donors (Lipinski definition) is 1. The van der Waals surface area contributed by atoms with Gasteiger partial charge in [0, 0.05) is 33.8 Å². The summed E-state index contributed by atoms with van der Waals surface area (Å²) in [5.74, 6) is 0. The summed E-state index contributed by atoms with van der Waals surface area (Å²) in [6, 6.07) is 60.1. The van der Waals surface area contributed by atoms with Crippen molar-refractivity contribution in [3.8, 4) is 16.8 Å². The van der Waals surface area contributed by atoms with E-state index in [0.717, 1.165) is 11.3 Å². The first-order valence-corrected chi connectivity index (χ1v) is 20.8. The van der Waals surface area contributed by atoms with Crippen LogP contribution >= 0.6 is 0 Å². The number of rotatable bonds is 7. The Morgan fingerprint density at radius 3 is 1.83 bits per heavy atom. The summed E-state index contributed by atoms with van der Waals surface area (Å²) in [6.45, 7) is 11.5. The first kappa shape index (κ1) is 36.4. The molecule has 0 amide bonds. The summed E-state index contributed by atoms with van der Waals surface area (Å²) in [5, 5.41) is 11.3. The topological polar surface area (TPSA) is 17.0 Å². The zero-order valence-corrected chi connectivity index (χ0v) is 34.4. The van der Waals surface area contributed by atoms with Gasteiger partial charge in [0.2, 0.25) is 0 Å². The van der Waals surface area contributed by atoms with Gasteiger partial charge in [-0.3, -0.25) is 0 Å². The van der Waals surface area contributed by atoms with Crippen molar-refractivity contribution in [3.05, 3.63) is 216 Å². The average Bonchev–Trinajstić information content (AvgIpc) is 3.72. The van der Waals surface area contributed by atoms with Crippen LogP contribution in [0.1, 0.15) is 62.4 Å². The third kappa shape index (κ3) is 6.37. The lowest BCUT2D eigenvalue weighted by Crippen LogP contribution is -2.15. The number of hydrogen-bond acceptors (Lipinski definition) is 1. The molecule has 1 aliphatic carbocycles. The van der Waals surface area contributed by atoms with Crippen LogP contribution < -0.4 is 5.32 Å². The number of fused-ring (bicyclic) bond motifs is 10. The molecule has 10 rings (SSSR count). The van der Waals surface area contributed by atoms with E-state index in [1.165, 1.54) is 88.0 Å².